The molecule has 0 saturated heterocycles. The quantitative estimate of drug-likeness (QED) is 0.807. The van der Waals surface area contributed by atoms with Gasteiger partial charge in [-0.2, -0.15) is 0 Å². The topological polar surface area (TPSA) is 45.2 Å². The number of aryl methyl sites for hydroxylation is 1. The largest absolute Gasteiger partial charge is 0.507 e. The molecule has 82 valence electrons. The van der Waals surface area contributed by atoms with Gasteiger partial charge in [0.05, 0.1) is 0 Å². The lowest BCUT2D eigenvalue weighted by Crippen LogP contribution is -1.96. The second-order valence-electron chi connectivity index (χ2n) is 3.79. The summed E-state index contributed by atoms with van der Waals surface area (Å²) in [6.07, 6.45) is 1.58. The fraction of sp³-hybridized carbons (Fsp3) is 0.154. The summed E-state index contributed by atoms with van der Waals surface area (Å²) >= 11 is 0. The van der Waals surface area contributed by atoms with Gasteiger partial charge in [0, 0.05) is 17.4 Å². The molecule has 0 bridgehead atoms. The van der Waals surface area contributed by atoms with Crippen molar-refractivity contribution in [1.82, 2.24) is 4.98 Å². The first-order chi connectivity index (χ1) is 7.66. The van der Waals surface area contributed by atoms with Crippen LogP contribution in [0.2, 0.25) is 0 Å². The van der Waals surface area contributed by atoms with Crippen molar-refractivity contribution >= 4 is 11.5 Å². The van der Waals surface area contributed by atoms with Crippen molar-refractivity contribution in [3.05, 3.63) is 47.7 Å². The van der Waals surface area contributed by atoms with Gasteiger partial charge in [0.1, 0.15) is 11.6 Å². The van der Waals surface area contributed by atoms with Crippen LogP contribution in [0.15, 0.2) is 36.5 Å². The molecule has 3 nitrogen and oxygen atoms in total. The number of anilines is 2. The minimum Gasteiger partial charge on any atom is -0.507 e. The number of hydrogen-bond acceptors (Lipinski definition) is 3. The third-order valence-corrected chi connectivity index (χ3v) is 2.49. The number of nitrogens with zero attached hydrogens (tertiary/aromatic N) is 1. The van der Waals surface area contributed by atoms with Crippen LogP contribution in [0, 0.1) is 13.8 Å². The molecule has 0 fully saturated rings. The Labute approximate surface area is 94.8 Å². The number of nitrogens with one attached hydrogen (secondary N) is 1. The Kier molecular flexibility index (Phi) is 2.77. The number of pyridine rings is 1. The molecule has 0 saturated carbocycles. The molecule has 3 heteroatoms. The molecular formula is C13H14N2O. The van der Waals surface area contributed by atoms with Gasteiger partial charge in [0.25, 0.3) is 0 Å². The van der Waals surface area contributed by atoms with E-state index in [0.29, 0.717) is 5.82 Å². The highest BCUT2D eigenvalue weighted by atomic mass is 16.3. The van der Waals surface area contributed by atoms with E-state index < -0.39 is 0 Å². The smallest absolute Gasteiger partial charge is 0.136 e. The van der Waals surface area contributed by atoms with Gasteiger partial charge in [-0.15, -0.1) is 0 Å². The highest BCUT2D eigenvalue weighted by Gasteiger charge is 2.03. The Balaban J connectivity index is 2.27. The predicted octanol–water partition coefficient (Wildman–Crippen LogP) is 3.15. The van der Waals surface area contributed by atoms with Gasteiger partial charge >= 0.3 is 0 Å². The van der Waals surface area contributed by atoms with Gasteiger partial charge < -0.3 is 10.4 Å². The summed E-state index contributed by atoms with van der Waals surface area (Å²) in [4.78, 5) is 4.19. The van der Waals surface area contributed by atoms with Crippen LogP contribution in [-0.4, -0.2) is 10.1 Å². The van der Waals surface area contributed by atoms with Crippen LogP contribution in [0.1, 0.15) is 11.1 Å². The van der Waals surface area contributed by atoms with E-state index in [9.17, 15) is 5.11 Å². The van der Waals surface area contributed by atoms with Crippen LogP contribution < -0.4 is 5.32 Å². The van der Waals surface area contributed by atoms with E-state index in [-0.39, 0.29) is 5.75 Å². The molecule has 1 heterocycles. The molecule has 0 atom stereocenters. The molecule has 0 aliphatic carbocycles. The summed E-state index contributed by atoms with van der Waals surface area (Å²) in [7, 11) is 0. The van der Waals surface area contributed by atoms with Crippen molar-refractivity contribution in [2.24, 2.45) is 0 Å². The van der Waals surface area contributed by atoms with E-state index in [1.807, 2.05) is 38.1 Å². The lowest BCUT2D eigenvalue weighted by molar-refractivity contribution is 0.470. The third-order valence-electron chi connectivity index (χ3n) is 2.49. The SMILES string of the molecule is Cc1ccc(Nc2nccc(O)c2C)cc1. The minimum atomic E-state index is 0.254. The lowest BCUT2D eigenvalue weighted by Gasteiger charge is -2.09. The summed E-state index contributed by atoms with van der Waals surface area (Å²) in [6, 6.07) is 9.61. The first-order valence-corrected chi connectivity index (χ1v) is 5.15. The van der Waals surface area contributed by atoms with Crippen molar-refractivity contribution < 1.29 is 5.11 Å². The van der Waals surface area contributed by atoms with Gasteiger partial charge in [0.2, 0.25) is 0 Å². The van der Waals surface area contributed by atoms with Gasteiger partial charge in [0.15, 0.2) is 0 Å². The third kappa shape index (κ3) is 2.14. The van der Waals surface area contributed by atoms with E-state index in [1.165, 1.54) is 5.56 Å². The molecule has 2 aromatic rings. The molecule has 16 heavy (non-hydrogen) atoms. The molecule has 0 amide bonds. The van der Waals surface area contributed by atoms with Crippen molar-refractivity contribution in [1.29, 1.82) is 0 Å². The number of benzene rings is 1. The van der Waals surface area contributed by atoms with Gasteiger partial charge in [-0.1, -0.05) is 17.7 Å². The molecule has 0 aliphatic heterocycles. The van der Waals surface area contributed by atoms with E-state index >= 15 is 0 Å². The Morgan fingerprint density at radius 2 is 1.75 bits per heavy atom. The monoisotopic (exact) mass is 214 g/mol. The van der Waals surface area contributed by atoms with Crippen LogP contribution in [0.25, 0.3) is 0 Å². The van der Waals surface area contributed by atoms with E-state index in [1.54, 1.807) is 12.3 Å². The summed E-state index contributed by atoms with van der Waals surface area (Å²) in [5.74, 6) is 0.938. The number of aromatic hydroxyl groups is 1. The second-order valence-corrected chi connectivity index (χ2v) is 3.79. The van der Waals surface area contributed by atoms with Crippen LogP contribution >= 0.6 is 0 Å². The van der Waals surface area contributed by atoms with Crippen molar-refractivity contribution in [2.75, 3.05) is 5.32 Å². The lowest BCUT2D eigenvalue weighted by atomic mass is 10.2. The minimum absolute atomic E-state index is 0.254. The molecule has 1 aromatic carbocycles. The summed E-state index contributed by atoms with van der Waals surface area (Å²) in [6.45, 7) is 3.88. The molecule has 1 aromatic heterocycles. The maximum absolute atomic E-state index is 9.54. The van der Waals surface area contributed by atoms with Crippen LogP contribution in [0.5, 0.6) is 5.75 Å². The van der Waals surface area contributed by atoms with E-state index in [2.05, 4.69) is 10.3 Å². The van der Waals surface area contributed by atoms with Crippen LogP contribution in [-0.2, 0) is 0 Å². The Hall–Kier alpha value is -2.03. The highest BCUT2D eigenvalue weighted by molar-refractivity contribution is 5.61. The average Bonchev–Trinajstić information content (AvgIpc) is 2.28. The summed E-state index contributed by atoms with van der Waals surface area (Å²) < 4.78 is 0. The van der Waals surface area contributed by atoms with Gasteiger partial charge in [-0.25, -0.2) is 4.98 Å². The fourth-order valence-electron chi connectivity index (χ4n) is 1.43. The number of hydrogen-bond donors (Lipinski definition) is 2. The standard InChI is InChI=1S/C13H14N2O/c1-9-3-5-11(6-4-9)15-13-10(2)12(16)7-8-14-13/h3-8H,1-2H3,(H2,14,15,16). The first kappa shape index (κ1) is 10.5. The van der Waals surface area contributed by atoms with Gasteiger partial charge in [-0.3, -0.25) is 0 Å². The van der Waals surface area contributed by atoms with E-state index in [0.717, 1.165) is 11.3 Å². The van der Waals surface area contributed by atoms with Crippen LogP contribution in [0.3, 0.4) is 0 Å². The molecular weight excluding hydrogens is 200 g/mol. The maximum atomic E-state index is 9.54. The van der Waals surface area contributed by atoms with Crippen molar-refractivity contribution in [3.8, 4) is 5.75 Å². The number of aromatic nitrogens is 1. The van der Waals surface area contributed by atoms with Gasteiger partial charge in [-0.05, 0) is 32.0 Å². The maximum Gasteiger partial charge on any atom is 0.136 e. The summed E-state index contributed by atoms with van der Waals surface area (Å²) in [5.41, 5.74) is 2.93. The highest BCUT2D eigenvalue weighted by Crippen LogP contribution is 2.24. The fourth-order valence-corrected chi connectivity index (χ4v) is 1.43. The molecule has 2 N–H and O–H groups in total. The molecule has 0 spiro atoms. The molecule has 0 aliphatic rings. The van der Waals surface area contributed by atoms with Crippen molar-refractivity contribution in [3.63, 3.8) is 0 Å². The van der Waals surface area contributed by atoms with Crippen LogP contribution in [0.4, 0.5) is 11.5 Å². The Bertz CT molecular complexity index is 492. The predicted molar refractivity (Wildman–Crippen MR) is 65.1 cm³/mol. The van der Waals surface area contributed by atoms with Crippen molar-refractivity contribution in [2.45, 2.75) is 13.8 Å². The molecule has 0 unspecified atom stereocenters. The molecule has 2 rings (SSSR count). The Morgan fingerprint density at radius 1 is 1.06 bits per heavy atom. The Morgan fingerprint density at radius 3 is 2.44 bits per heavy atom. The normalized spacial score (nSPS) is 10.1. The zero-order chi connectivity index (χ0) is 11.5. The number of rotatable bonds is 2. The average molecular weight is 214 g/mol. The summed E-state index contributed by atoms with van der Waals surface area (Å²) in [5, 5.41) is 12.7. The zero-order valence-corrected chi connectivity index (χ0v) is 9.36. The van der Waals surface area contributed by atoms with E-state index in [4.69, 9.17) is 0 Å². The first-order valence-electron chi connectivity index (χ1n) is 5.15. The zero-order valence-electron chi connectivity index (χ0n) is 9.36. The second kappa shape index (κ2) is 4.23. The molecule has 0 radical (unpaired) electrons.